The van der Waals surface area contributed by atoms with Crippen LogP contribution in [-0.4, -0.2) is 18.4 Å². The van der Waals surface area contributed by atoms with Gasteiger partial charge >= 0.3 is 0 Å². The fourth-order valence-corrected chi connectivity index (χ4v) is 1.07. The van der Waals surface area contributed by atoms with Gasteiger partial charge in [-0.2, -0.15) is 0 Å². The maximum Gasteiger partial charge on any atom is 0.253 e. The number of rotatable bonds is 4. The predicted octanol–water partition coefficient (Wildman–Crippen LogP) is -0.665. The number of benzene rings is 1. The van der Waals surface area contributed by atoms with Gasteiger partial charge in [-0.3, -0.25) is 15.0 Å². The summed E-state index contributed by atoms with van der Waals surface area (Å²) in [5.74, 6) is 4.24. The molecule has 0 fully saturated rings. The summed E-state index contributed by atoms with van der Waals surface area (Å²) in [5, 5.41) is 2.45. The molecule has 0 saturated heterocycles. The van der Waals surface area contributed by atoms with Crippen molar-refractivity contribution < 1.29 is 9.59 Å². The highest BCUT2D eigenvalue weighted by Crippen LogP contribution is 1.98. The highest BCUT2D eigenvalue weighted by Gasteiger charge is 2.04. The Hall–Kier alpha value is -1.88. The van der Waals surface area contributed by atoms with Crippen molar-refractivity contribution in [2.45, 2.75) is 6.42 Å². The first kappa shape index (κ1) is 11.2. The number of nitrogens with two attached hydrogens (primary N) is 1. The minimum absolute atomic E-state index is 0.0951. The molecule has 1 aromatic rings. The fraction of sp³-hybridized carbons (Fsp3) is 0.200. The van der Waals surface area contributed by atoms with Gasteiger partial charge < -0.3 is 5.32 Å². The third kappa shape index (κ3) is 4.24. The van der Waals surface area contributed by atoms with Gasteiger partial charge in [0, 0.05) is 0 Å². The molecule has 0 aliphatic heterocycles. The van der Waals surface area contributed by atoms with Crippen molar-refractivity contribution in [3.63, 3.8) is 0 Å². The Balaban J connectivity index is 2.34. The van der Waals surface area contributed by atoms with Crippen molar-refractivity contribution in [1.29, 1.82) is 0 Å². The summed E-state index contributed by atoms with van der Waals surface area (Å²) in [6, 6.07) is 9.29. The van der Waals surface area contributed by atoms with Crippen LogP contribution in [0.1, 0.15) is 5.56 Å². The van der Waals surface area contributed by atoms with Gasteiger partial charge in [-0.15, -0.1) is 0 Å². The van der Waals surface area contributed by atoms with Crippen molar-refractivity contribution in [2.75, 3.05) is 6.54 Å². The van der Waals surface area contributed by atoms with Crippen LogP contribution in [0.15, 0.2) is 30.3 Å². The zero-order valence-electron chi connectivity index (χ0n) is 8.19. The van der Waals surface area contributed by atoms with Gasteiger partial charge in [-0.05, 0) is 5.56 Å². The maximum absolute atomic E-state index is 11.3. The van der Waals surface area contributed by atoms with Crippen LogP contribution in [0.25, 0.3) is 0 Å². The molecule has 0 aliphatic rings. The van der Waals surface area contributed by atoms with Crippen LogP contribution in [0.2, 0.25) is 0 Å². The highest BCUT2D eigenvalue weighted by molar-refractivity contribution is 5.85. The van der Waals surface area contributed by atoms with Gasteiger partial charge in [0.15, 0.2) is 0 Å². The first-order valence-electron chi connectivity index (χ1n) is 4.52. The third-order valence-electron chi connectivity index (χ3n) is 1.81. The lowest BCUT2D eigenvalue weighted by atomic mass is 10.1. The molecule has 0 aliphatic carbocycles. The molecule has 4 N–H and O–H groups in total. The van der Waals surface area contributed by atoms with Crippen LogP contribution in [0.4, 0.5) is 0 Å². The Kier molecular flexibility index (Phi) is 4.30. The van der Waals surface area contributed by atoms with E-state index in [1.54, 1.807) is 0 Å². The molecule has 15 heavy (non-hydrogen) atoms. The zero-order valence-corrected chi connectivity index (χ0v) is 8.19. The Morgan fingerprint density at radius 2 is 1.80 bits per heavy atom. The molecular formula is C10H13N3O2. The Bertz CT molecular complexity index is 338. The lowest BCUT2D eigenvalue weighted by molar-refractivity contribution is -0.125. The Labute approximate surface area is 87.6 Å². The molecule has 0 bridgehead atoms. The van der Waals surface area contributed by atoms with Gasteiger partial charge in [-0.1, -0.05) is 30.3 Å². The van der Waals surface area contributed by atoms with Crippen molar-refractivity contribution in [3.05, 3.63) is 35.9 Å². The van der Waals surface area contributed by atoms with Gasteiger partial charge in [0.25, 0.3) is 5.91 Å². The molecule has 0 aromatic heterocycles. The van der Waals surface area contributed by atoms with Crippen molar-refractivity contribution in [1.82, 2.24) is 10.7 Å². The van der Waals surface area contributed by atoms with Crippen LogP contribution in [-0.2, 0) is 16.0 Å². The summed E-state index contributed by atoms with van der Waals surface area (Å²) in [6.45, 7) is -0.0951. The fourth-order valence-electron chi connectivity index (χ4n) is 1.07. The van der Waals surface area contributed by atoms with Crippen molar-refractivity contribution >= 4 is 11.8 Å². The van der Waals surface area contributed by atoms with Crippen LogP contribution in [0, 0.1) is 0 Å². The van der Waals surface area contributed by atoms with E-state index < -0.39 is 5.91 Å². The molecule has 0 atom stereocenters. The molecule has 1 rings (SSSR count). The zero-order chi connectivity index (χ0) is 11.1. The second-order valence-electron chi connectivity index (χ2n) is 3.01. The molecule has 80 valence electrons. The number of hydrogen-bond donors (Lipinski definition) is 3. The summed E-state index contributed by atoms with van der Waals surface area (Å²) in [7, 11) is 0. The summed E-state index contributed by atoms with van der Waals surface area (Å²) in [5.41, 5.74) is 2.84. The summed E-state index contributed by atoms with van der Waals surface area (Å²) >= 11 is 0. The van der Waals surface area contributed by atoms with E-state index in [9.17, 15) is 9.59 Å². The maximum atomic E-state index is 11.3. The molecule has 0 heterocycles. The largest absolute Gasteiger partial charge is 0.347 e. The van der Waals surface area contributed by atoms with Crippen LogP contribution in [0.5, 0.6) is 0 Å². The van der Waals surface area contributed by atoms with Crippen LogP contribution >= 0.6 is 0 Å². The lowest BCUT2D eigenvalue weighted by Gasteiger charge is -2.03. The van der Waals surface area contributed by atoms with Crippen molar-refractivity contribution in [3.8, 4) is 0 Å². The summed E-state index contributed by atoms with van der Waals surface area (Å²) < 4.78 is 0. The third-order valence-corrected chi connectivity index (χ3v) is 1.81. The second-order valence-corrected chi connectivity index (χ2v) is 3.01. The first-order chi connectivity index (χ1) is 7.22. The van der Waals surface area contributed by atoms with Crippen LogP contribution < -0.4 is 16.6 Å². The SMILES string of the molecule is NNC(=O)CNC(=O)Cc1ccccc1. The van der Waals surface area contributed by atoms with Crippen LogP contribution in [0.3, 0.4) is 0 Å². The number of amides is 2. The number of hydrogen-bond acceptors (Lipinski definition) is 3. The number of hydrazine groups is 1. The number of nitrogens with one attached hydrogen (secondary N) is 2. The Morgan fingerprint density at radius 1 is 1.13 bits per heavy atom. The standard InChI is InChI=1S/C10H13N3O2/c11-13-10(15)7-12-9(14)6-8-4-2-1-3-5-8/h1-5H,6-7,11H2,(H,12,14)(H,13,15). The Morgan fingerprint density at radius 3 is 2.40 bits per heavy atom. The van der Waals surface area contributed by atoms with Gasteiger partial charge in [0.1, 0.15) is 0 Å². The summed E-state index contributed by atoms with van der Waals surface area (Å²) in [6.07, 6.45) is 0.263. The molecule has 0 spiro atoms. The minimum Gasteiger partial charge on any atom is -0.347 e. The molecule has 1 aromatic carbocycles. The monoisotopic (exact) mass is 207 g/mol. The molecule has 0 unspecified atom stereocenters. The quantitative estimate of drug-likeness (QED) is 0.348. The smallest absolute Gasteiger partial charge is 0.253 e. The molecule has 5 heteroatoms. The average Bonchev–Trinajstić information content (AvgIpc) is 2.27. The topological polar surface area (TPSA) is 84.2 Å². The minimum atomic E-state index is -0.420. The van der Waals surface area contributed by atoms with E-state index in [4.69, 9.17) is 5.84 Å². The van der Waals surface area contributed by atoms with Crippen molar-refractivity contribution in [2.24, 2.45) is 5.84 Å². The molecule has 2 amide bonds. The molecular weight excluding hydrogens is 194 g/mol. The van der Waals surface area contributed by atoms with E-state index in [0.717, 1.165) is 5.56 Å². The number of carbonyl (C=O) groups excluding carboxylic acids is 2. The second kappa shape index (κ2) is 5.77. The van der Waals surface area contributed by atoms with E-state index in [1.165, 1.54) is 0 Å². The molecule has 5 nitrogen and oxygen atoms in total. The van der Waals surface area contributed by atoms with E-state index in [2.05, 4.69) is 5.32 Å². The van der Waals surface area contributed by atoms with E-state index in [-0.39, 0.29) is 18.9 Å². The average molecular weight is 207 g/mol. The first-order valence-corrected chi connectivity index (χ1v) is 4.52. The van der Waals surface area contributed by atoms with Gasteiger partial charge in [0.2, 0.25) is 5.91 Å². The lowest BCUT2D eigenvalue weighted by Crippen LogP contribution is -2.40. The van der Waals surface area contributed by atoms with E-state index in [1.807, 2.05) is 35.8 Å². The van der Waals surface area contributed by atoms with E-state index in [0.29, 0.717) is 0 Å². The summed E-state index contributed by atoms with van der Waals surface area (Å²) in [4.78, 5) is 22.0. The molecule has 0 saturated carbocycles. The predicted molar refractivity (Wildman–Crippen MR) is 55.5 cm³/mol. The molecule has 0 radical (unpaired) electrons. The number of carbonyl (C=O) groups is 2. The highest BCUT2D eigenvalue weighted by atomic mass is 16.2. The van der Waals surface area contributed by atoms with Gasteiger partial charge in [-0.25, -0.2) is 5.84 Å². The normalized spacial score (nSPS) is 9.40. The van der Waals surface area contributed by atoms with Gasteiger partial charge in [0.05, 0.1) is 13.0 Å². The van der Waals surface area contributed by atoms with E-state index >= 15 is 0 Å².